The summed E-state index contributed by atoms with van der Waals surface area (Å²) in [6.45, 7) is 0. The van der Waals surface area contributed by atoms with E-state index in [4.69, 9.17) is 28.3 Å². The summed E-state index contributed by atoms with van der Waals surface area (Å²) in [6, 6.07) is 4.90. The molecule has 0 aliphatic rings. The van der Waals surface area contributed by atoms with E-state index in [9.17, 15) is 35.9 Å². The number of halogens is 8. The molecule has 1 amide bonds. The molecular weight excluding hydrogens is 475 g/mol. The maximum Gasteiger partial charge on any atom is 0.416 e. The van der Waals surface area contributed by atoms with Gasteiger partial charge in [-0.25, -0.2) is 0 Å². The van der Waals surface area contributed by atoms with Crippen molar-refractivity contribution in [3.63, 3.8) is 0 Å². The molecule has 0 aromatic heterocycles. The zero-order valence-corrected chi connectivity index (χ0v) is 16.8. The molecule has 4 nitrogen and oxygen atoms in total. The monoisotopic (exact) mass is 487 g/mol. The Labute approximate surface area is 181 Å². The Balaban J connectivity index is 2.35. The van der Waals surface area contributed by atoms with Crippen LogP contribution in [0, 0.1) is 0 Å². The van der Waals surface area contributed by atoms with Crippen LogP contribution in [0.25, 0.3) is 0 Å². The second kappa shape index (κ2) is 9.35. The normalized spacial score (nSPS) is 13.0. The van der Waals surface area contributed by atoms with Crippen molar-refractivity contribution >= 4 is 40.8 Å². The van der Waals surface area contributed by atoms with E-state index in [1.165, 1.54) is 18.2 Å². The number of rotatable bonds is 6. The Hall–Kier alpha value is -2.46. The van der Waals surface area contributed by atoms with E-state index >= 15 is 0 Å². The van der Waals surface area contributed by atoms with Crippen molar-refractivity contribution in [3.8, 4) is 0 Å². The molecule has 31 heavy (non-hydrogen) atoms. The summed E-state index contributed by atoms with van der Waals surface area (Å²) in [7, 11) is 0. The van der Waals surface area contributed by atoms with Gasteiger partial charge in [0, 0.05) is 28.1 Å². The van der Waals surface area contributed by atoms with Crippen LogP contribution < -0.4 is 5.32 Å². The van der Waals surface area contributed by atoms with Crippen molar-refractivity contribution in [1.29, 1.82) is 0 Å². The molecule has 0 heterocycles. The molecule has 0 fully saturated rings. The molecule has 0 aliphatic carbocycles. The summed E-state index contributed by atoms with van der Waals surface area (Å²) in [4.78, 5) is 23.6. The molecule has 0 aliphatic heterocycles. The van der Waals surface area contributed by atoms with Crippen LogP contribution in [-0.2, 0) is 21.9 Å². The topological polar surface area (TPSA) is 66.4 Å². The Morgan fingerprint density at radius 2 is 1.39 bits per heavy atom. The molecule has 0 saturated carbocycles. The summed E-state index contributed by atoms with van der Waals surface area (Å²) in [5, 5.41) is 11.2. The first kappa shape index (κ1) is 24.8. The highest BCUT2D eigenvalue weighted by atomic mass is 35.5. The third kappa shape index (κ3) is 6.76. The van der Waals surface area contributed by atoms with Crippen molar-refractivity contribution < 1.29 is 41.0 Å². The van der Waals surface area contributed by atoms with E-state index in [2.05, 4.69) is 0 Å². The number of nitrogens with one attached hydrogen (secondary N) is 1. The molecule has 2 aromatic rings. The van der Waals surface area contributed by atoms with Gasteiger partial charge in [0.05, 0.1) is 17.5 Å². The maximum absolute atomic E-state index is 13.0. The maximum atomic E-state index is 13.0. The summed E-state index contributed by atoms with van der Waals surface area (Å²) >= 11 is 12.1. The lowest BCUT2D eigenvalue weighted by Gasteiger charge is -2.19. The summed E-state index contributed by atoms with van der Waals surface area (Å²) in [5.41, 5.74) is -3.82. The van der Waals surface area contributed by atoms with Crippen LogP contribution in [0.3, 0.4) is 0 Å². The van der Waals surface area contributed by atoms with Gasteiger partial charge in [-0.15, -0.1) is 0 Å². The number of alkyl halides is 6. The molecule has 0 saturated heterocycles. The SMILES string of the molecule is O=C(O)CC(CC(=O)Nc1cc(C(F)(F)F)cc(C(F)(F)F)c1)c1c(Cl)cccc1Cl. The van der Waals surface area contributed by atoms with Gasteiger partial charge in [-0.3, -0.25) is 9.59 Å². The third-order valence-corrected chi connectivity index (χ3v) is 4.79. The number of carbonyl (C=O) groups is 2. The van der Waals surface area contributed by atoms with Crippen molar-refractivity contribution in [1.82, 2.24) is 0 Å². The fourth-order valence-electron chi connectivity index (χ4n) is 2.85. The minimum atomic E-state index is -5.09. The van der Waals surface area contributed by atoms with Gasteiger partial charge in [0.1, 0.15) is 0 Å². The van der Waals surface area contributed by atoms with Crippen molar-refractivity contribution in [3.05, 3.63) is 63.1 Å². The molecule has 0 bridgehead atoms. The molecule has 2 rings (SSSR count). The first-order valence-corrected chi connectivity index (χ1v) is 9.19. The molecule has 12 heteroatoms. The molecule has 0 radical (unpaired) electrons. The highest BCUT2D eigenvalue weighted by Crippen LogP contribution is 2.38. The van der Waals surface area contributed by atoms with Gasteiger partial charge < -0.3 is 10.4 Å². The number of carbonyl (C=O) groups excluding carboxylic acids is 1. The van der Waals surface area contributed by atoms with Crippen molar-refractivity contribution in [2.75, 3.05) is 5.32 Å². The van der Waals surface area contributed by atoms with E-state index < -0.39 is 59.8 Å². The predicted molar refractivity (Wildman–Crippen MR) is 101 cm³/mol. The van der Waals surface area contributed by atoms with Gasteiger partial charge in [-0.2, -0.15) is 26.3 Å². The number of hydrogen-bond donors (Lipinski definition) is 2. The first-order chi connectivity index (χ1) is 14.2. The molecule has 0 spiro atoms. The van der Waals surface area contributed by atoms with Crippen LogP contribution in [0.4, 0.5) is 32.0 Å². The van der Waals surface area contributed by atoms with E-state index in [0.29, 0.717) is 12.1 Å². The van der Waals surface area contributed by atoms with Crippen molar-refractivity contribution in [2.45, 2.75) is 31.1 Å². The number of carboxylic acid groups (broad SMARTS) is 1. The summed E-state index contributed by atoms with van der Waals surface area (Å²) < 4.78 is 77.8. The van der Waals surface area contributed by atoms with Gasteiger partial charge in [0.15, 0.2) is 0 Å². The zero-order chi connectivity index (χ0) is 23.6. The Kier molecular flexibility index (Phi) is 7.48. The Morgan fingerprint density at radius 1 is 0.903 bits per heavy atom. The average molecular weight is 488 g/mol. The van der Waals surface area contributed by atoms with Crippen LogP contribution in [0.5, 0.6) is 0 Å². The predicted octanol–water partition coefficient (Wildman–Crippen LogP) is 6.62. The number of benzene rings is 2. The van der Waals surface area contributed by atoms with Crippen LogP contribution in [0.15, 0.2) is 36.4 Å². The van der Waals surface area contributed by atoms with E-state index in [-0.39, 0.29) is 21.7 Å². The van der Waals surface area contributed by atoms with E-state index in [1.807, 2.05) is 5.32 Å². The van der Waals surface area contributed by atoms with Crippen LogP contribution in [-0.4, -0.2) is 17.0 Å². The number of anilines is 1. The smallest absolute Gasteiger partial charge is 0.416 e. The Morgan fingerprint density at radius 3 is 1.81 bits per heavy atom. The summed E-state index contributed by atoms with van der Waals surface area (Å²) in [6.07, 6.45) is -11.4. The molecule has 2 N–H and O–H groups in total. The van der Waals surface area contributed by atoms with Gasteiger partial charge in [-0.1, -0.05) is 29.3 Å². The highest BCUT2D eigenvalue weighted by Gasteiger charge is 2.37. The number of amides is 1. The van der Waals surface area contributed by atoms with Gasteiger partial charge in [0.2, 0.25) is 5.91 Å². The second-order valence-electron chi connectivity index (χ2n) is 6.48. The average Bonchev–Trinajstić information content (AvgIpc) is 2.59. The fourth-order valence-corrected chi connectivity index (χ4v) is 3.56. The molecule has 2 aromatic carbocycles. The van der Waals surface area contributed by atoms with Crippen LogP contribution in [0.1, 0.15) is 35.4 Å². The minimum absolute atomic E-state index is 0.0602. The second-order valence-corrected chi connectivity index (χ2v) is 7.29. The summed E-state index contributed by atoms with van der Waals surface area (Å²) in [5.74, 6) is -3.41. The van der Waals surface area contributed by atoms with Gasteiger partial charge >= 0.3 is 18.3 Å². The van der Waals surface area contributed by atoms with E-state index in [0.717, 1.165) is 0 Å². The van der Waals surface area contributed by atoms with Crippen LogP contribution in [0.2, 0.25) is 10.0 Å². The lowest BCUT2D eigenvalue weighted by molar-refractivity contribution is -0.143. The van der Waals surface area contributed by atoms with Gasteiger partial charge in [0.25, 0.3) is 0 Å². The number of carboxylic acids is 1. The van der Waals surface area contributed by atoms with E-state index in [1.54, 1.807) is 0 Å². The van der Waals surface area contributed by atoms with Gasteiger partial charge in [-0.05, 0) is 35.9 Å². The zero-order valence-electron chi connectivity index (χ0n) is 15.2. The minimum Gasteiger partial charge on any atom is -0.481 e. The Bertz CT molecular complexity index is 939. The van der Waals surface area contributed by atoms with Crippen LogP contribution >= 0.6 is 23.2 Å². The van der Waals surface area contributed by atoms with Crippen molar-refractivity contribution in [2.24, 2.45) is 0 Å². The number of aliphatic carboxylic acids is 1. The highest BCUT2D eigenvalue weighted by molar-refractivity contribution is 6.36. The quantitative estimate of drug-likeness (QED) is 0.450. The fraction of sp³-hybridized carbons (Fsp3) is 0.263. The standard InChI is InChI=1S/C19H13Cl2F6NO3/c20-13-2-1-3-14(21)17(13)9(5-16(30)31)4-15(29)28-12-7-10(18(22,23)24)6-11(8-12)19(25,26)27/h1-3,6-9H,4-5H2,(H,28,29)(H,30,31). The molecule has 1 atom stereocenters. The lowest BCUT2D eigenvalue weighted by atomic mass is 9.92. The largest absolute Gasteiger partial charge is 0.481 e. The molecule has 168 valence electrons. The third-order valence-electron chi connectivity index (χ3n) is 4.13. The molecule has 1 unspecified atom stereocenters. The number of hydrogen-bond acceptors (Lipinski definition) is 2. The lowest BCUT2D eigenvalue weighted by Crippen LogP contribution is -2.19. The molecular formula is C19H13Cl2F6NO3. The first-order valence-electron chi connectivity index (χ1n) is 8.43.